The van der Waals surface area contributed by atoms with Crippen LogP contribution in [0.3, 0.4) is 0 Å². The Hall–Kier alpha value is -1.47. The van der Waals surface area contributed by atoms with Crippen molar-refractivity contribution in [3.8, 4) is 5.75 Å². The maximum atomic E-state index is 12.2. The number of nitrogens with one attached hydrogen (secondary N) is 1. The molecule has 1 heterocycles. The number of hydrogen-bond donors (Lipinski definition) is 2. The second-order valence-corrected chi connectivity index (χ2v) is 3.90. The summed E-state index contributed by atoms with van der Waals surface area (Å²) in [6, 6.07) is 5.23. The average Bonchev–Trinajstić information content (AvgIpc) is 2.65. The summed E-state index contributed by atoms with van der Waals surface area (Å²) in [6.45, 7) is 0.404. The van der Waals surface area contributed by atoms with Crippen LogP contribution in [-0.2, 0) is 4.74 Å². The lowest BCUT2D eigenvalue weighted by atomic mass is 10.2. The van der Waals surface area contributed by atoms with Gasteiger partial charge in [0.05, 0.1) is 31.0 Å². The zero-order chi connectivity index (χ0) is 13.2. The number of benzene rings is 1. The van der Waals surface area contributed by atoms with E-state index in [1.54, 1.807) is 6.07 Å². The Balaban J connectivity index is 2.12. The van der Waals surface area contributed by atoms with Crippen LogP contribution >= 0.6 is 0 Å². The van der Waals surface area contributed by atoms with Gasteiger partial charge in [-0.15, -0.1) is 13.2 Å². The molecule has 18 heavy (non-hydrogen) atoms. The Bertz CT molecular complexity index is 411. The van der Waals surface area contributed by atoms with E-state index in [1.807, 2.05) is 0 Å². The number of ether oxygens (including phenoxy) is 2. The quantitative estimate of drug-likeness (QED) is 0.872. The number of hydrogen-bond acceptors (Lipinski definition) is 4. The molecule has 2 atom stereocenters. The van der Waals surface area contributed by atoms with Gasteiger partial charge in [0.1, 0.15) is 0 Å². The molecule has 0 aliphatic carbocycles. The third-order valence-corrected chi connectivity index (χ3v) is 2.50. The van der Waals surface area contributed by atoms with E-state index < -0.39 is 18.5 Å². The summed E-state index contributed by atoms with van der Waals surface area (Å²) in [6.07, 6.45) is -5.49. The maximum Gasteiger partial charge on any atom is 0.573 e. The molecule has 7 heteroatoms. The molecule has 0 aromatic heterocycles. The van der Waals surface area contributed by atoms with E-state index in [0.717, 1.165) is 0 Å². The first-order valence-electron chi connectivity index (χ1n) is 5.33. The van der Waals surface area contributed by atoms with Crippen molar-refractivity contribution >= 4 is 5.69 Å². The monoisotopic (exact) mass is 263 g/mol. The van der Waals surface area contributed by atoms with Crippen LogP contribution in [-0.4, -0.2) is 36.8 Å². The summed E-state index contributed by atoms with van der Waals surface area (Å²) < 4.78 is 45.5. The van der Waals surface area contributed by atoms with Crippen LogP contribution in [0.1, 0.15) is 0 Å². The lowest BCUT2D eigenvalue weighted by molar-refractivity contribution is -0.274. The van der Waals surface area contributed by atoms with Gasteiger partial charge < -0.3 is 19.9 Å². The molecule has 0 spiro atoms. The highest BCUT2D eigenvalue weighted by Gasteiger charge is 2.33. The maximum absolute atomic E-state index is 12.2. The number of aliphatic hydroxyl groups excluding tert-OH is 1. The molecule has 4 nitrogen and oxygen atoms in total. The van der Waals surface area contributed by atoms with Crippen LogP contribution in [0, 0.1) is 0 Å². The number of rotatable bonds is 3. The molecule has 1 aromatic rings. The van der Waals surface area contributed by atoms with Crippen molar-refractivity contribution in [1.82, 2.24) is 0 Å². The van der Waals surface area contributed by atoms with E-state index in [4.69, 9.17) is 4.74 Å². The molecular weight excluding hydrogens is 251 g/mol. The van der Waals surface area contributed by atoms with E-state index in [1.165, 1.54) is 18.2 Å². The largest absolute Gasteiger partial charge is 0.573 e. The SMILES string of the molecule is OC1COCC1Nc1ccccc1OC(F)(F)F. The molecule has 2 N–H and O–H groups in total. The van der Waals surface area contributed by atoms with Crippen molar-refractivity contribution in [3.63, 3.8) is 0 Å². The number of para-hydroxylation sites is 2. The molecule has 2 unspecified atom stereocenters. The zero-order valence-electron chi connectivity index (χ0n) is 9.28. The van der Waals surface area contributed by atoms with Gasteiger partial charge in [0.2, 0.25) is 0 Å². The summed E-state index contributed by atoms with van der Waals surface area (Å²) in [5.74, 6) is -0.330. The summed E-state index contributed by atoms with van der Waals surface area (Å²) in [4.78, 5) is 0. The summed E-state index contributed by atoms with van der Waals surface area (Å²) >= 11 is 0. The topological polar surface area (TPSA) is 50.7 Å². The van der Waals surface area contributed by atoms with Crippen molar-refractivity contribution < 1.29 is 27.8 Å². The molecule has 0 amide bonds. The Morgan fingerprint density at radius 2 is 2.00 bits per heavy atom. The minimum atomic E-state index is -4.75. The zero-order valence-corrected chi connectivity index (χ0v) is 9.28. The molecule has 2 rings (SSSR count). The lowest BCUT2D eigenvalue weighted by Gasteiger charge is -2.19. The molecule has 0 bridgehead atoms. The fraction of sp³-hybridized carbons (Fsp3) is 0.455. The predicted octanol–water partition coefficient (Wildman–Crippen LogP) is 1.76. The highest BCUT2D eigenvalue weighted by molar-refractivity contribution is 5.57. The van der Waals surface area contributed by atoms with E-state index in [2.05, 4.69) is 10.1 Å². The van der Waals surface area contributed by atoms with Crippen LogP contribution in [0.25, 0.3) is 0 Å². The minimum Gasteiger partial charge on any atom is -0.404 e. The van der Waals surface area contributed by atoms with Crippen molar-refractivity contribution in [2.45, 2.75) is 18.5 Å². The molecule has 1 aliphatic heterocycles. The molecule has 0 saturated carbocycles. The molecule has 0 radical (unpaired) electrons. The molecule has 1 aliphatic rings. The van der Waals surface area contributed by atoms with Gasteiger partial charge in [-0.2, -0.15) is 0 Å². The lowest BCUT2D eigenvalue weighted by Crippen LogP contribution is -2.32. The van der Waals surface area contributed by atoms with Crippen molar-refractivity contribution in [1.29, 1.82) is 0 Å². The Morgan fingerprint density at radius 1 is 1.28 bits per heavy atom. The highest BCUT2D eigenvalue weighted by Crippen LogP contribution is 2.31. The fourth-order valence-corrected chi connectivity index (χ4v) is 1.68. The Kier molecular flexibility index (Phi) is 3.63. The van der Waals surface area contributed by atoms with Gasteiger partial charge in [-0.1, -0.05) is 12.1 Å². The van der Waals surface area contributed by atoms with Crippen molar-refractivity contribution in [2.24, 2.45) is 0 Å². The van der Waals surface area contributed by atoms with Gasteiger partial charge >= 0.3 is 6.36 Å². The first kappa shape index (κ1) is 13.0. The van der Waals surface area contributed by atoms with E-state index >= 15 is 0 Å². The summed E-state index contributed by atoms with van der Waals surface area (Å²) in [5, 5.41) is 12.3. The standard InChI is InChI=1S/C11H12F3NO3/c12-11(13,14)18-10-4-2-1-3-7(10)15-8-5-17-6-9(8)16/h1-4,8-9,15-16H,5-6H2. The van der Waals surface area contributed by atoms with Crippen LogP contribution in [0.5, 0.6) is 5.75 Å². The predicted molar refractivity (Wildman–Crippen MR) is 57.4 cm³/mol. The van der Waals surface area contributed by atoms with E-state index in [-0.39, 0.29) is 24.7 Å². The molecule has 100 valence electrons. The number of anilines is 1. The first-order valence-corrected chi connectivity index (χ1v) is 5.33. The number of aliphatic hydroxyl groups is 1. The van der Waals surface area contributed by atoms with E-state index in [9.17, 15) is 18.3 Å². The van der Waals surface area contributed by atoms with Crippen LogP contribution in [0.2, 0.25) is 0 Å². The van der Waals surface area contributed by atoms with Gasteiger partial charge in [-0.3, -0.25) is 0 Å². The van der Waals surface area contributed by atoms with Gasteiger partial charge in [0.15, 0.2) is 5.75 Å². The third-order valence-electron chi connectivity index (χ3n) is 2.50. The van der Waals surface area contributed by atoms with Crippen molar-refractivity contribution in [2.75, 3.05) is 18.5 Å². The van der Waals surface area contributed by atoms with Crippen molar-refractivity contribution in [3.05, 3.63) is 24.3 Å². The van der Waals surface area contributed by atoms with Gasteiger partial charge in [-0.05, 0) is 12.1 Å². The van der Waals surface area contributed by atoms with Gasteiger partial charge in [0.25, 0.3) is 0 Å². The summed E-state index contributed by atoms with van der Waals surface area (Å²) in [5.41, 5.74) is 0.171. The number of halogens is 3. The Labute approximate surface area is 101 Å². The van der Waals surface area contributed by atoms with Gasteiger partial charge in [0, 0.05) is 0 Å². The van der Waals surface area contributed by atoms with E-state index in [0.29, 0.717) is 0 Å². The second kappa shape index (κ2) is 5.03. The molecule has 1 fully saturated rings. The number of alkyl halides is 3. The first-order chi connectivity index (χ1) is 8.46. The highest BCUT2D eigenvalue weighted by atomic mass is 19.4. The van der Waals surface area contributed by atoms with Gasteiger partial charge in [-0.25, -0.2) is 0 Å². The van der Waals surface area contributed by atoms with Crippen LogP contribution in [0.15, 0.2) is 24.3 Å². The molecule has 1 saturated heterocycles. The molecule has 1 aromatic carbocycles. The Morgan fingerprint density at radius 3 is 2.61 bits per heavy atom. The van der Waals surface area contributed by atoms with Crippen LogP contribution in [0.4, 0.5) is 18.9 Å². The summed E-state index contributed by atoms with van der Waals surface area (Å²) in [7, 11) is 0. The fourth-order valence-electron chi connectivity index (χ4n) is 1.68. The molecular formula is C11H12F3NO3. The smallest absolute Gasteiger partial charge is 0.404 e. The minimum absolute atomic E-state index is 0.167. The third kappa shape index (κ3) is 3.27. The van der Waals surface area contributed by atoms with Crippen LogP contribution < -0.4 is 10.1 Å². The average molecular weight is 263 g/mol. The normalized spacial score (nSPS) is 24.0. The second-order valence-electron chi connectivity index (χ2n) is 3.90.